The Balaban J connectivity index is 4.57. The van der Waals surface area contributed by atoms with Crippen LogP contribution < -0.4 is 0 Å². The zero-order chi connectivity index (χ0) is 12.8. The topological polar surface area (TPSA) is 49.8 Å². The van der Waals surface area contributed by atoms with E-state index in [0.29, 0.717) is 13.2 Å². The summed E-state index contributed by atoms with van der Waals surface area (Å²) in [5.41, 5.74) is -0.0331. The van der Waals surface area contributed by atoms with Crippen molar-refractivity contribution in [2.75, 3.05) is 20.3 Å². The minimum Gasteiger partial charge on any atom is -0.481 e. The Hall–Kier alpha value is -0.610. The van der Waals surface area contributed by atoms with E-state index < -0.39 is 5.97 Å². The summed E-state index contributed by atoms with van der Waals surface area (Å²) in [6.45, 7) is 9.63. The van der Waals surface area contributed by atoms with Gasteiger partial charge in [0.05, 0.1) is 13.0 Å². The Bertz CT molecular complexity index is 211. The number of hydrogen-bond acceptors (Lipinski definition) is 3. The van der Waals surface area contributed by atoms with Crippen LogP contribution in [-0.4, -0.2) is 47.8 Å². The number of methoxy groups -OCH3 is 1. The zero-order valence-corrected chi connectivity index (χ0v) is 11.1. The first-order valence-corrected chi connectivity index (χ1v) is 5.80. The molecule has 0 rings (SSSR count). The molecule has 0 amide bonds. The summed E-state index contributed by atoms with van der Waals surface area (Å²) >= 11 is 0. The first kappa shape index (κ1) is 15.4. The second-order valence-electron chi connectivity index (χ2n) is 5.03. The van der Waals surface area contributed by atoms with Crippen molar-refractivity contribution in [3.8, 4) is 0 Å². The van der Waals surface area contributed by atoms with Crippen LogP contribution in [0.1, 0.15) is 40.5 Å². The molecule has 1 atom stereocenters. The first-order valence-electron chi connectivity index (χ1n) is 5.80. The SMILES string of the molecule is CCC(COC)N(CCC(=O)O)C(C)(C)C. The Morgan fingerprint density at radius 3 is 2.31 bits per heavy atom. The van der Waals surface area contributed by atoms with Crippen molar-refractivity contribution in [3.05, 3.63) is 0 Å². The summed E-state index contributed by atoms with van der Waals surface area (Å²) in [6.07, 6.45) is 1.14. The minimum atomic E-state index is -0.749. The lowest BCUT2D eigenvalue weighted by Gasteiger charge is -2.41. The number of carboxylic acid groups (broad SMARTS) is 1. The lowest BCUT2D eigenvalue weighted by molar-refractivity contribution is -0.138. The number of hydrogen-bond donors (Lipinski definition) is 1. The summed E-state index contributed by atoms with van der Waals surface area (Å²) in [6, 6.07) is 0.282. The molecule has 0 aromatic carbocycles. The highest BCUT2D eigenvalue weighted by molar-refractivity contribution is 5.66. The quantitative estimate of drug-likeness (QED) is 0.728. The van der Waals surface area contributed by atoms with Gasteiger partial charge in [0.25, 0.3) is 0 Å². The number of rotatable bonds is 7. The Kier molecular flexibility index (Phi) is 6.60. The second-order valence-corrected chi connectivity index (χ2v) is 5.03. The van der Waals surface area contributed by atoms with E-state index in [2.05, 4.69) is 32.6 Å². The fraction of sp³-hybridized carbons (Fsp3) is 0.917. The Labute approximate surface area is 98.6 Å². The molecule has 4 nitrogen and oxygen atoms in total. The minimum absolute atomic E-state index is 0.0331. The van der Waals surface area contributed by atoms with Crippen LogP contribution in [0.4, 0.5) is 0 Å². The molecule has 1 N–H and O–H groups in total. The van der Waals surface area contributed by atoms with Crippen LogP contribution in [0.25, 0.3) is 0 Å². The van der Waals surface area contributed by atoms with Gasteiger partial charge in [-0.2, -0.15) is 0 Å². The van der Waals surface area contributed by atoms with E-state index in [9.17, 15) is 4.79 Å². The maximum atomic E-state index is 10.6. The van der Waals surface area contributed by atoms with E-state index in [1.54, 1.807) is 7.11 Å². The van der Waals surface area contributed by atoms with E-state index in [1.165, 1.54) is 0 Å². The van der Waals surface area contributed by atoms with Crippen LogP contribution in [0.2, 0.25) is 0 Å². The highest BCUT2D eigenvalue weighted by Gasteiger charge is 2.27. The van der Waals surface area contributed by atoms with Crippen molar-refractivity contribution in [3.63, 3.8) is 0 Å². The summed E-state index contributed by atoms with van der Waals surface area (Å²) in [4.78, 5) is 12.9. The summed E-state index contributed by atoms with van der Waals surface area (Å²) in [7, 11) is 1.68. The zero-order valence-electron chi connectivity index (χ0n) is 11.1. The summed E-state index contributed by atoms with van der Waals surface area (Å²) in [5, 5.41) is 8.75. The second kappa shape index (κ2) is 6.86. The molecule has 0 fully saturated rings. The van der Waals surface area contributed by atoms with Crippen molar-refractivity contribution in [2.24, 2.45) is 0 Å². The molecule has 0 saturated heterocycles. The van der Waals surface area contributed by atoms with E-state index in [-0.39, 0.29) is 18.0 Å². The Morgan fingerprint density at radius 1 is 1.44 bits per heavy atom. The van der Waals surface area contributed by atoms with Crippen molar-refractivity contribution in [1.29, 1.82) is 0 Å². The molecule has 96 valence electrons. The lowest BCUT2D eigenvalue weighted by atomic mass is 10.0. The third-order valence-corrected chi connectivity index (χ3v) is 2.70. The van der Waals surface area contributed by atoms with Crippen LogP contribution in [0.5, 0.6) is 0 Å². The maximum Gasteiger partial charge on any atom is 0.304 e. The maximum absolute atomic E-state index is 10.6. The van der Waals surface area contributed by atoms with Crippen LogP contribution in [0, 0.1) is 0 Å². The van der Waals surface area contributed by atoms with Gasteiger partial charge in [-0.3, -0.25) is 9.69 Å². The van der Waals surface area contributed by atoms with Crippen molar-refractivity contribution in [1.82, 2.24) is 4.90 Å². The molecule has 1 unspecified atom stereocenters. The average molecular weight is 231 g/mol. The molecule has 0 bridgehead atoms. The monoisotopic (exact) mass is 231 g/mol. The van der Waals surface area contributed by atoms with Crippen LogP contribution in [0.15, 0.2) is 0 Å². The molecule has 4 heteroatoms. The fourth-order valence-corrected chi connectivity index (χ4v) is 1.90. The van der Waals surface area contributed by atoms with Crippen LogP contribution >= 0.6 is 0 Å². The molecule has 0 aromatic rings. The van der Waals surface area contributed by atoms with Gasteiger partial charge in [-0.1, -0.05) is 6.92 Å². The Morgan fingerprint density at radius 2 is 2.00 bits per heavy atom. The van der Waals surface area contributed by atoms with Gasteiger partial charge in [-0.25, -0.2) is 0 Å². The molecular weight excluding hydrogens is 206 g/mol. The molecule has 0 spiro atoms. The van der Waals surface area contributed by atoms with Crippen molar-refractivity contribution in [2.45, 2.75) is 52.1 Å². The van der Waals surface area contributed by atoms with E-state index >= 15 is 0 Å². The lowest BCUT2D eigenvalue weighted by Crippen LogP contribution is -2.50. The predicted octanol–water partition coefficient (Wildman–Crippen LogP) is 1.99. The predicted molar refractivity (Wildman–Crippen MR) is 64.7 cm³/mol. The molecule has 0 radical (unpaired) electrons. The third-order valence-electron chi connectivity index (χ3n) is 2.70. The molecule has 0 aromatic heterocycles. The normalized spacial score (nSPS) is 14.1. The molecule has 0 aliphatic rings. The van der Waals surface area contributed by atoms with Gasteiger partial charge in [0.15, 0.2) is 0 Å². The summed E-state index contributed by atoms with van der Waals surface area (Å²) < 4.78 is 5.19. The van der Waals surface area contributed by atoms with Gasteiger partial charge in [0, 0.05) is 25.2 Å². The molecule has 0 saturated carbocycles. The third kappa shape index (κ3) is 5.47. The molecule has 0 aliphatic carbocycles. The molecule has 0 heterocycles. The van der Waals surface area contributed by atoms with Crippen molar-refractivity contribution < 1.29 is 14.6 Å². The van der Waals surface area contributed by atoms with Gasteiger partial charge < -0.3 is 9.84 Å². The summed E-state index contributed by atoms with van der Waals surface area (Å²) in [5.74, 6) is -0.749. The van der Waals surface area contributed by atoms with Crippen molar-refractivity contribution >= 4 is 5.97 Å². The number of carbonyl (C=O) groups is 1. The number of carboxylic acids is 1. The number of nitrogens with zero attached hydrogens (tertiary/aromatic N) is 1. The average Bonchev–Trinajstić information content (AvgIpc) is 2.14. The smallest absolute Gasteiger partial charge is 0.304 e. The molecule has 0 aliphatic heterocycles. The first-order chi connectivity index (χ1) is 7.32. The molecule has 16 heavy (non-hydrogen) atoms. The molecular formula is C12H25NO3. The van der Waals surface area contributed by atoms with Gasteiger partial charge in [0.2, 0.25) is 0 Å². The fourth-order valence-electron chi connectivity index (χ4n) is 1.90. The van der Waals surface area contributed by atoms with E-state index in [1.807, 2.05) is 0 Å². The highest BCUT2D eigenvalue weighted by atomic mass is 16.5. The van der Waals surface area contributed by atoms with Gasteiger partial charge in [-0.05, 0) is 27.2 Å². The van der Waals surface area contributed by atoms with E-state index in [4.69, 9.17) is 9.84 Å². The van der Waals surface area contributed by atoms with Gasteiger partial charge in [0.1, 0.15) is 0 Å². The highest BCUT2D eigenvalue weighted by Crippen LogP contribution is 2.19. The van der Waals surface area contributed by atoms with Crippen LogP contribution in [-0.2, 0) is 9.53 Å². The largest absolute Gasteiger partial charge is 0.481 e. The number of ether oxygens (including phenoxy) is 1. The van der Waals surface area contributed by atoms with E-state index in [0.717, 1.165) is 6.42 Å². The van der Waals surface area contributed by atoms with Gasteiger partial charge >= 0.3 is 5.97 Å². The van der Waals surface area contributed by atoms with Gasteiger partial charge in [-0.15, -0.1) is 0 Å². The van der Waals surface area contributed by atoms with Crippen LogP contribution in [0.3, 0.4) is 0 Å². The number of aliphatic carboxylic acids is 1. The standard InChI is InChI=1S/C12H25NO3/c1-6-10(9-16-5)13(12(2,3)4)8-7-11(14)15/h10H,6-9H2,1-5H3,(H,14,15).